The van der Waals surface area contributed by atoms with Crippen molar-refractivity contribution in [3.05, 3.63) is 35.9 Å². The monoisotopic (exact) mass is 309 g/mol. The molecule has 3 atom stereocenters. The Kier molecular flexibility index (Phi) is 5.65. The van der Waals surface area contributed by atoms with E-state index in [-0.39, 0.29) is 18.4 Å². The maximum Gasteiger partial charge on any atom is 0.320 e. The average molecular weight is 310 g/mol. The predicted molar refractivity (Wildman–Crippen MR) is 85.9 cm³/mol. The zero-order chi connectivity index (χ0) is 13.9. The summed E-state index contributed by atoms with van der Waals surface area (Å²) in [7, 11) is 0. The Balaban J connectivity index is 0.00000161. The third kappa shape index (κ3) is 3.58. The van der Waals surface area contributed by atoms with Gasteiger partial charge in [-0.15, -0.1) is 12.4 Å². The van der Waals surface area contributed by atoms with Crippen LogP contribution in [0.1, 0.15) is 37.7 Å². The number of nitrogens with zero attached hydrogens (tertiary/aromatic N) is 1. The van der Waals surface area contributed by atoms with E-state index in [1.54, 1.807) is 0 Å². The van der Waals surface area contributed by atoms with Crippen molar-refractivity contribution in [3.8, 4) is 0 Å². The highest BCUT2D eigenvalue weighted by atomic mass is 35.5. The zero-order valence-corrected chi connectivity index (χ0v) is 13.1. The number of hydrogen-bond acceptors (Lipinski definition) is 2. The van der Waals surface area contributed by atoms with Crippen LogP contribution in [0.4, 0.5) is 0 Å². The summed E-state index contributed by atoms with van der Waals surface area (Å²) in [5, 5.41) is 9.49. The van der Waals surface area contributed by atoms with Gasteiger partial charge >= 0.3 is 5.97 Å². The van der Waals surface area contributed by atoms with Gasteiger partial charge in [0, 0.05) is 12.6 Å². The number of aliphatic carboxylic acids is 1. The molecular formula is C17H24ClNO2. The van der Waals surface area contributed by atoms with Crippen LogP contribution in [0.5, 0.6) is 0 Å². The number of carboxylic acid groups (broad SMARTS) is 1. The fourth-order valence-corrected chi connectivity index (χ4v) is 4.02. The Morgan fingerprint density at radius 3 is 2.62 bits per heavy atom. The predicted octanol–water partition coefficient (Wildman–Crippen LogP) is 3.37. The minimum Gasteiger partial charge on any atom is -0.480 e. The van der Waals surface area contributed by atoms with E-state index in [0.29, 0.717) is 12.0 Å². The highest BCUT2D eigenvalue weighted by Gasteiger charge is 2.44. The molecule has 3 unspecified atom stereocenters. The van der Waals surface area contributed by atoms with Crippen molar-refractivity contribution < 1.29 is 9.90 Å². The van der Waals surface area contributed by atoms with Crippen LogP contribution >= 0.6 is 12.4 Å². The summed E-state index contributed by atoms with van der Waals surface area (Å²) in [4.78, 5) is 13.8. The second kappa shape index (κ2) is 7.28. The molecular weight excluding hydrogens is 286 g/mol. The van der Waals surface area contributed by atoms with Crippen LogP contribution in [0, 0.1) is 5.92 Å². The minimum absolute atomic E-state index is 0. The fraction of sp³-hybridized carbons (Fsp3) is 0.588. The Labute approximate surface area is 132 Å². The SMILES string of the molecule is Cl.O=C(O)C1CC2CCCCC2N1CCc1ccccc1. The minimum atomic E-state index is -0.632. The van der Waals surface area contributed by atoms with Crippen molar-refractivity contribution in [2.24, 2.45) is 5.92 Å². The van der Waals surface area contributed by atoms with E-state index in [0.717, 1.165) is 19.4 Å². The van der Waals surface area contributed by atoms with E-state index in [2.05, 4.69) is 29.2 Å². The van der Waals surface area contributed by atoms with E-state index in [4.69, 9.17) is 0 Å². The Morgan fingerprint density at radius 2 is 1.90 bits per heavy atom. The van der Waals surface area contributed by atoms with Crippen LogP contribution in [0.3, 0.4) is 0 Å². The molecule has 1 N–H and O–H groups in total. The topological polar surface area (TPSA) is 40.5 Å². The molecule has 1 saturated heterocycles. The van der Waals surface area contributed by atoms with Gasteiger partial charge in [0.25, 0.3) is 0 Å². The molecule has 0 spiro atoms. The molecule has 1 aromatic carbocycles. The van der Waals surface area contributed by atoms with Gasteiger partial charge < -0.3 is 5.11 Å². The molecule has 1 saturated carbocycles. The summed E-state index contributed by atoms with van der Waals surface area (Å²) in [5.41, 5.74) is 1.30. The van der Waals surface area contributed by atoms with Crippen LogP contribution in [0.15, 0.2) is 30.3 Å². The molecule has 3 rings (SSSR count). The first-order chi connectivity index (χ1) is 9.75. The van der Waals surface area contributed by atoms with Gasteiger partial charge in [0.05, 0.1) is 0 Å². The van der Waals surface area contributed by atoms with Crippen molar-refractivity contribution in [2.45, 2.75) is 50.6 Å². The van der Waals surface area contributed by atoms with Crippen molar-refractivity contribution >= 4 is 18.4 Å². The summed E-state index contributed by atoms with van der Waals surface area (Å²) in [6.07, 6.45) is 6.75. The molecule has 1 aliphatic carbocycles. The number of hydrogen-bond donors (Lipinski definition) is 1. The molecule has 116 valence electrons. The number of halogens is 1. The molecule has 1 aliphatic heterocycles. The van der Waals surface area contributed by atoms with Crippen LogP contribution in [-0.4, -0.2) is 34.6 Å². The zero-order valence-electron chi connectivity index (χ0n) is 12.3. The second-order valence-electron chi connectivity index (χ2n) is 6.18. The first kappa shape index (κ1) is 16.3. The van der Waals surface area contributed by atoms with Gasteiger partial charge in [0.2, 0.25) is 0 Å². The van der Waals surface area contributed by atoms with Crippen molar-refractivity contribution in [1.82, 2.24) is 4.90 Å². The van der Waals surface area contributed by atoms with Gasteiger partial charge in [0.15, 0.2) is 0 Å². The molecule has 1 aromatic rings. The van der Waals surface area contributed by atoms with Gasteiger partial charge in [-0.25, -0.2) is 0 Å². The smallest absolute Gasteiger partial charge is 0.320 e. The van der Waals surface area contributed by atoms with E-state index in [9.17, 15) is 9.90 Å². The third-order valence-corrected chi connectivity index (χ3v) is 5.01. The van der Waals surface area contributed by atoms with Gasteiger partial charge in [-0.1, -0.05) is 43.2 Å². The maximum atomic E-state index is 11.5. The number of carbonyl (C=O) groups is 1. The lowest BCUT2D eigenvalue weighted by molar-refractivity contribution is -0.142. The number of rotatable bonds is 4. The van der Waals surface area contributed by atoms with Gasteiger partial charge in [-0.05, 0) is 37.2 Å². The molecule has 2 fully saturated rings. The molecule has 2 aliphatic rings. The first-order valence-corrected chi connectivity index (χ1v) is 7.78. The maximum absolute atomic E-state index is 11.5. The molecule has 21 heavy (non-hydrogen) atoms. The van der Waals surface area contributed by atoms with Gasteiger partial charge in [-0.3, -0.25) is 9.69 Å². The molecule has 0 amide bonds. The number of likely N-dealkylation sites (tertiary alicyclic amines) is 1. The summed E-state index contributed by atoms with van der Waals surface area (Å²) in [5.74, 6) is -0.0203. The number of benzene rings is 1. The Bertz CT molecular complexity index is 465. The summed E-state index contributed by atoms with van der Waals surface area (Å²) < 4.78 is 0. The second-order valence-corrected chi connectivity index (χ2v) is 6.18. The lowest BCUT2D eigenvalue weighted by Crippen LogP contribution is -2.43. The summed E-state index contributed by atoms with van der Waals surface area (Å²) in [6.45, 7) is 0.877. The molecule has 4 heteroatoms. The number of fused-ring (bicyclic) bond motifs is 1. The van der Waals surface area contributed by atoms with Crippen LogP contribution < -0.4 is 0 Å². The van der Waals surface area contributed by atoms with Gasteiger partial charge in [0.1, 0.15) is 6.04 Å². The number of carboxylic acids is 1. The average Bonchev–Trinajstić information content (AvgIpc) is 2.85. The molecule has 3 nitrogen and oxygen atoms in total. The molecule has 0 aromatic heterocycles. The highest BCUT2D eigenvalue weighted by Crippen LogP contribution is 2.39. The lowest BCUT2D eigenvalue weighted by Gasteiger charge is -2.33. The van der Waals surface area contributed by atoms with E-state index in [1.807, 2.05) is 6.07 Å². The normalized spacial score (nSPS) is 28.7. The highest BCUT2D eigenvalue weighted by molar-refractivity contribution is 5.85. The Morgan fingerprint density at radius 1 is 1.19 bits per heavy atom. The Hall–Kier alpha value is -1.06. The van der Waals surface area contributed by atoms with Crippen molar-refractivity contribution in [1.29, 1.82) is 0 Å². The third-order valence-electron chi connectivity index (χ3n) is 5.01. The van der Waals surface area contributed by atoms with Gasteiger partial charge in [-0.2, -0.15) is 0 Å². The molecule has 0 radical (unpaired) electrons. The summed E-state index contributed by atoms with van der Waals surface area (Å²) >= 11 is 0. The largest absolute Gasteiger partial charge is 0.480 e. The quantitative estimate of drug-likeness (QED) is 0.927. The summed E-state index contributed by atoms with van der Waals surface area (Å²) in [6, 6.07) is 10.6. The standard InChI is InChI=1S/C17H23NO2.ClH/c19-17(20)16-12-14-8-4-5-9-15(14)18(16)11-10-13-6-2-1-3-7-13;/h1-3,6-7,14-16H,4-5,8-12H2,(H,19,20);1H. The van der Waals surface area contributed by atoms with Crippen LogP contribution in [-0.2, 0) is 11.2 Å². The van der Waals surface area contributed by atoms with E-state index in [1.165, 1.54) is 31.2 Å². The van der Waals surface area contributed by atoms with Crippen LogP contribution in [0.2, 0.25) is 0 Å². The van der Waals surface area contributed by atoms with Crippen molar-refractivity contribution in [2.75, 3.05) is 6.54 Å². The van der Waals surface area contributed by atoms with E-state index < -0.39 is 5.97 Å². The molecule has 1 heterocycles. The molecule has 0 bridgehead atoms. The first-order valence-electron chi connectivity index (χ1n) is 7.78. The van der Waals surface area contributed by atoms with Crippen molar-refractivity contribution in [3.63, 3.8) is 0 Å². The van der Waals surface area contributed by atoms with Crippen LogP contribution in [0.25, 0.3) is 0 Å². The van der Waals surface area contributed by atoms with E-state index >= 15 is 0 Å². The fourth-order valence-electron chi connectivity index (χ4n) is 4.02. The lowest BCUT2D eigenvalue weighted by atomic mass is 9.84.